The van der Waals surface area contributed by atoms with Crippen molar-refractivity contribution in [1.29, 1.82) is 0 Å². The van der Waals surface area contributed by atoms with Gasteiger partial charge < -0.3 is 19.8 Å². The van der Waals surface area contributed by atoms with Crippen molar-refractivity contribution < 1.29 is 32.9 Å². The highest BCUT2D eigenvalue weighted by Gasteiger charge is 2.27. The highest BCUT2D eigenvalue weighted by atomic mass is 31.2. The van der Waals surface area contributed by atoms with Crippen LogP contribution in [0.25, 0.3) is 0 Å². The zero-order valence-electron chi connectivity index (χ0n) is 39.9. The molecule has 0 spiro atoms. The molecule has 0 aromatic rings. The Labute approximate surface area is 376 Å². The molecule has 8 nitrogen and oxygen atoms in total. The van der Waals surface area contributed by atoms with E-state index in [0.29, 0.717) is 17.4 Å². The first-order valence-electron chi connectivity index (χ1n) is 24.5. The number of quaternary nitrogens is 1. The number of nitrogens with one attached hydrogen (secondary N) is 1. The maximum atomic E-state index is 12.9. The van der Waals surface area contributed by atoms with Crippen molar-refractivity contribution in [2.45, 2.75) is 199 Å². The van der Waals surface area contributed by atoms with Crippen LogP contribution in [0.5, 0.6) is 0 Å². The number of amides is 1. The maximum absolute atomic E-state index is 12.9. The Bertz CT molecular complexity index is 1260. The smallest absolute Gasteiger partial charge is 0.387 e. The van der Waals surface area contributed by atoms with E-state index in [1.54, 1.807) is 6.08 Å². The number of unbranched alkanes of at least 4 members (excludes halogenated alkanes) is 18. The molecule has 0 saturated heterocycles. The second-order valence-electron chi connectivity index (χ2n) is 17.5. The van der Waals surface area contributed by atoms with Gasteiger partial charge in [0.2, 0.25) is 5.91 Å². The van der Waals surface area contributed by atoms with Gasteiger partial charge in [-0.05, 0) is 57.8 Å². The van der Waals surface area contributed by atoms with Crippen molar-refractivity contribution in [2.75, 3.05) is 40.9 Å². The number of hydrogen-bond donors (Lipinski definition) is 3. The first-order chi connectivity index (χ1) is 29.5. The van der Waals surface area contributed by atoms with Crippen LogP contribution in [0, 0.1) is 0 Å². The Balaban J connectivity index is 4.49. The lowest BCUT2D eigenvalue weighted by Crippen LogP contribution is -2.45. The second kappa shape index (κ2) is 43.0. The summed E-state index contributed by atoms with van der Waals surface area (Å²) in [5.74, 6) is -0.261. The van der Waals surface area contributed by atoms with Crippen molar-refractivity contribution in [3.63, 3.8) is 0 Å². The van der Waals surface area contributed by atoms with Crippen LogP contribution in [-0.2, 0) is 18.4 Å². The topological polar surface area (TPSA) is 105 Å². The lowest BCUT2D eigenvalue weighted by molar-refractivity contribution is -0.870. The molecule has 0 aromatic heterocycles. The summed E-state index contributed by atoms with van der Waals surface area (Å²) in [6, 6.07) is -0.892. The minimum atomic E-state index is -4.37. The largest absolute Gasteiger partial charge is 0.472 e. The Morgan fingerprint density at radius 2 is 0.984 bits per heavy atom. The summed E-state index contributed by atoms with van der Waals surface area (Å²) in [6.07, 6.45) is 59.6. The minimum absolute atomic E-state index is 0.0438. The summed E-state index contributed by atoms with van der Waals surface area (Å²) in [5, 5.41) is 13.8. The summed E-state index contributed by atoms with van der Waals surface area (Å²) < 4.78 is 23.6. The van der Waals surface area contributed by atoms with Crippen LogP contribution in [-0.4, -0.2) is 73.4 Å². The number of allylic oxidation sites excluding steroid dienone is 13. The van der Waals surface area contributed by atoms with Gasteiger partial charge in [0, 0.05) is 6.42 Å². The minimum Gasteiger partial charge on any atom is -0.387 e. The van der Waals surface area contributed by atoms with Crippen LogP contribution in [0.2, 0.25) is 0 Å². The zero-order chi connectivity index (χ0) is 45.0. The number of carbonyl (C=O) groups excluding carboxylic acids is 1. The highest BCUT2D eigenvalue weighted by molar-refractivity contribution is 7.47. The average Bonchev–Trinajstić information content (AvgIpc) is 3.21. The Morgan fingerprint density at radius 1 is 0.574 bits per heavy atom. The second-order valence-corrected chi connectivity index (χ2v) is 18.9. The van der Waals surface area contributed by atoms with E-state index in [1.807, 2.05) is 39.4 Å². The standard InChI is InChI=1S/C52H93N2O6P/c1-6-8-10-12-14-16-18-20-22-24-26-28-29-31-33-35-37-39-41-43-45-51(55)50(49-60-61(57,58)59-48-47-54(3,4)5)53-52(56)46-44-42-40-38-36-34-32-30-27-25-23-21-19-17-15-13-11-9-7-2/h9,11,15,17,21,23,27,30,34,36,40,42-43,45,50-51,55H,6-8,10,12-14,16,18-20,22,24-26,28-29,31-33,35,37-39,41,44,46-49H2,1-5H3,(H-,53,56,57,58)/p+1/b11-9-,17-15-,23-21-,30-27-,36-34-,42-40-,45-43+. The molecule has 0 aliphatic heterocycles. The monoisotopic (exact) mass is 874 g/mol. The fourth-order valence-corrected chi connectivity index (χ4v) is 7.27. The van der Waals surface area contributed by atoms with Gasteiger partial charge in [-0.2, -0.15) is 0 Å². The Morgan fingerprint density at radius 3 is 1.41 bits per heavy atom. The highest BCUT2D eigenvalue weighted by Crippen LogP contribution is 2.43. The van der Waals surface area contributed by atoms with Gasteiger partial charge in [-0.15, -0.1) is 0 Å². The zero-order valence-corrected chi connectivity index (χ0v) is 40.8. The summed E-state index contributed by atoms with van der Waals surface area (Å²) in [6.45, 7) is 4.64. The summed E-state index contributed by atoms with van der Waals surface area (Å²) in [5.41, 5.74) is 0. The van der Waals surface area contributed by atoms with Crippen LogP contribution < -0.4 is 5.32 Å². The van der Waals surface area contributed by atoms with Gasteiger partial charge >= 0.3 is 7.82 Å². The predicted molar refractivity (Wildman–Crippen MR) is 263 cm³/mol. The predicted octanol–water partition coefficient (Wildman–Crippen LogP) is 14.1. The van der Waals surface area contributed by atoms with Crippen LogP contribution in [0.3, 0.4) is 0 Å². The van der Waals surface area contributed by atoms with E-state index in [-0.39, 0.29) is 25.5 Å². The van der Waals surface area contributed by atoms with Gasteiger partial charge in [-0.3, -0.25) is 13.8 Å². The van der Waals surface area contributed by atoms with Crippen molar-refractivity contribution in [3.05, 3.63) is 85.1 Å². The van der Waals surface area contributed by atoms with Crippen molar-refractivity contribution in [2.24, 2.45) is 0 Å². The molecular formula is C52H94N2O6P+. The quantitative estimate of drug-likeness (QED) is 0.0244. The van der Waals surface area contributed by atoms with E-state index >= 15 is 0 Å². The molecule has 0 aliphatic carbocycles. The first kappa shape index (κ1) is 58.7. The van der Waals surface area contributed by atoms with Crippen molar-refractivity contribution in [3.8, 4) is 0 Å². The summed E-state index contributed by atoms with van der Waals surface area (Å²) in [7, 11) is 1.51. The molecule has 0 bridgehead atoms. The number of carbonyl (C=O) groups is 1. The molecule has 0 heterocycles. The molecule has 3 unspecified atom stereocenters. The molecular weight excluding hydrogens is 780 g/mol. The fraction of sp³-hybridized carbons (Fsp3) is 0.712. The number of aliphatic hydroxyl groups is 1. The normalized spacial score (nSPS) is 14.9. The fourth-order valence-electron chi connectivity index (χ4n) is 6.53. The van der Waals surface area contributed by atoms with Gasteiger partial charge in [0.25, 0.3) is 0 Å². The number of nitrogens with zero attached hydrogens (tertiary/aromatic N) is 1. The van der Waals surface area contributed by atoms with E-state index in [9.17, 15) is 19.4 Å². The molecule has 0 rings (SSSR count). The van der Waals surface area contributed by atoms with E-state index in [0.717, 1.165) is 57.8 Å². The van der Waals surface area contributed by atoms with E-state index in [4.69, 9.17) is 9.05 Å². The Hall–Kier alpha value is -2.32. The molecule has 0 saturated carbocycles. The first-order valence-corrected chi connectivity index (χ1v) is 26.0. The molecule has 61 heavy (non-hydrogen) atoms. The Kier molecular flexibility index (Phi) is 41.3. The van der Waals surface area contributed by atoms with Gasteiger partial charge in [0.1, 0.15) is 13.2 Å². The van der Waals surface area contributed by atoms with Crippen LogP contribution in [0.4, 0.5) is 0 Å². The molecule has 0 aliphatic rings. The van der Waals surface area contributed by atoms with Crippen molar-refractivity contribution in [1.82, 2.24) is 5.32 Å². The van der Waals surface area contributed by atoms with Crippen LogP contribution >= 0.6 is 7.82 Å². The SMILES string of the molecule is CC/C=C\C/C=C\C/C=C\C/C=C\C/C=C\C/C=C\CCC(=O)NC(COP(=O)(O)OCC[N+](C)(C)C)C(O)/C=C/CCCCCCCCCCCCCCCCCCCC. The van der Waals surface area contributed by atoms with Gasteiger partial charge in [-0.1, -0.05) is 208 Å². The number of phosphoric acid groups is 1. The molecule has 0 fully saturated rings. The number of likely N-dealkylation sites (N-methyl/N-ethyl adjacent to an activating group) is 1. The third-order valence-electron chi connectivity index (χ3n) is 10.4. The third kappa shape index (κ3) is 45.5. The number of phosphoric ester groups is 1. The van der Waals surface area contributed by atoms with Crippen LogP contribution in [0.15, 0.2) is 85.1 Å². The lowest BCUT2D eigenvalue weighted by Gasteiger charge is -2.25. The van der Waals surface area contributed by atoms with Crippen LogP contribution in [0.1, 0.15) is 187 Å². The number of rotatable bonds is 43. The molecule has 1 amide bonds. The maximum Gasteiger partial charge on any atom is 0.472 e. The molecule has 9 heteroatoms. The average molecular weight is 874 g/mol. The van der Waals surface area contributed by atoms with Gasteiger partial charge in [-0.25, -0.2) is 4.57 Å². The number of hydrogen-bond acceptors (Lipinski definition) is 5. The summed E-state index contributed by atoms with van der Waals surface area (Å²) >= 11 is 0. The number of aliphatic hydroxyl groups excluding tert-OH is 1. The van der Waals surface area contributed by atoms with Gasteiger partial charge in [0.15, 0.2) is 0 Å². The lowest BCUT2D eigenvalue weighted by atomic mass is 10.0. The van der Waals surface area contributed by atoms with E-state index in [2.05, 4.69) is 79.9 Å². The molecule has 352 valence electrons. The van der Waals surface area contributed by atoms with E-state index in [1.165, 1.54) is 103 Å². The van der Waals surface area contributed by atoms with Crippen molar-refractivity contribution >= 4 is 13.7 Å². The molecule has 0 radical (unpaired) electrons. The molecule has 3 atom stereocenters. The van der Waals surface area contributed by atoms with E-state index < -0.39 is 20.0 Å². The third-order valence-corrected chi connectivity index (χ3v) is 11.4. The molecule has 0 aromatic carbocycles. The summed E-state index contributed by atoms with van der Waals surface area (Å²) in [4.78, 5) is 23.1. The molecule has 3 N–H and O–H groups in total. The van der Waals surface area contributed by atoms with Gasteiger partial charge in [0.05, 0.1) is 39.9 Å².